The average Bonchev–Trinajstić information content (AvgIpc) is 2.72. The molecule has 0 atom stereocenters. The third-order valence-electron chi connectivity index (χ3n) is 3.94. The van der Waals surface area contributed by atoms with Crippen LogP contribution in [0.4, 0.5) is 0 Å². The summed E-state index contributed by atoms with van der Waals surface area (Å²) >= 11 is 0. The summed E-state index contributed by atoms with van der Waals surface area (Å²) in [6.45, 7) is 0.317. The molecule has 0 aliphatic carbocycles. The van der Waals surface area contributed by atoms with Crippen LogP contribution in [0.5, 0.6) is 17.2 Å². The van der Waals surface area contributed by atoms with Gasteiger partial charge in [0.15, 0.2) is 11.5 Å². The second kappa shape index (κ2) is 12.4. The number of methoxy groups -OCH3 is 4. The SMILES string of the molecule is COC(=O)CCCCCNC(=O)CNC(=O)c1cc(OC)c(OC)c(OC)c1. The molecule has 0 saturated heterocycles. The Hall–Kier alpha value is -2.97. The smallest absolute Gasteiger partial charge is 0.305 e. The monoisotopic (exact) mass is 396 g/mol. The molecular weight excluding hydrogens is 368 g/mol. The van der Waals surface area contributed by atoms with E-state index in [0.29, 0.717) is 36.6 Å². The van der Waals surface area contributed by atoms with Gasteiger partial charge < -0.3 is 29.6 Å². The molecule has 0 heterocycles. The highest BCUT2D eigenvalue weighted by molar-refractivity contribution is 5.97. The van der Waals surface area contributed by atoms with Crippen molar-refractivity contribution >= 4 is 17.8 Å². The number of rotatable bonds is 12. The van der Waals surface area contributed by atoms with Crippen molar-refractivity contribution in [3.8, 4) is 17.2 Å². The molecule has 0 radical (unpaired) electrons. The van der Waals surface area contributed by atoms with Crippen molar-refractivity contribution in [3.05, 3.63) is 17.7 Å². The van der Waals surface area contributed by atoms with Gasteiger partial charge in [-0.3, -0.25) is 14.4 Å². The van der Waals surface area contributed by atoms with Crippen LogP contribution < -0.4 is 24.8 Å². The fraction of sp³-hybridized carbons (Fsp3) is 0.526. The first-order valence-electron chi connectivity index (χ1n) is 8.88. The maximum atomic E-state index is 12.3. The van der Waals surface area contributed by atoms with Gasteiger partial charge in [-0.05, 0) is 25.0 Å². The van der Waals surface area contributed by atoms with Crippen LogP contribution in [-0.4, -0.2) is 59.3 Å². The van der Waals surface area contributed by atoms with E-state index in [1.165, 1.54) is 40.6 Å². The van der Waals surface area contributed by atoms with Gasteiger partial charge in [-0.15, -0.1) is 0 Å². The summed E-state index contributed by atoms with van der Waals surface area (Å²) in [5.41, 5.74) is 0.283. The highest BCUT2D eigenvalue weighted by Crippen LogP contribution is 2.38. The minimum absolute atomic E-state index is 0.155. The van der Waals surface area contributed by atoms with Crippen LogP contribution in [0.1, 0.15) is 36.0 Å². The molecule has 1 aromatic rings. The van der Waals surface area contributed by atoms with Gasteiger partial charge in [0.2, 0.25) is 11.7 Å². The van der Waals surface area contributed by atoms with Crippen LogP contribution in [0.15, 0.2) is 12.1 Å². The first-order valence-corrected chi connectivity index (χ1v) is 8.88. The summed E-state index contributed by atoms with van der Waals surface area (Å²) in [4.78, 5) is 35.1. The maximum absolute atomic E-state index is 12.3. The fourth-order valence-electron chi connectivity index (χ4n) is 2.44. The molecule has 2 amide bonds. The van der Waals surface area contributed by atoms with Crippen LogP contribution in [0, 0.1) is 0 Å². The Labute approximate surface area is 164 Å². The molecule has 2 N–H and O–H groups in total. The third kappa shape index (κ3) is 7.34. The molecule has 0 aliphatic heterocycles. The molecule has 9 heteroatoms. The van der Waals surface area contributed by atoms with E-state index >= 15 is 0 Å². The van der Waals surface area contributed by atoms with E-state index in [-0.39, 0.29) is 24.0 Å². The van der Waals surface area contributed by atoms with Gasteiger partial charge in [0.05, 0.1) is 35.0 Å². The highest BCUT2D eigenvalue weighted by Gasteiger charge is 2.17. The molecule has 0 saturated carbocycles. The van der Waals surface area contributed by atoms with Gasteiger partial charge >= 0.3 is 5.97 Å². The molecule has 0 unspecified atom stereocenters. The van der Waals surface area contributed by atoms with E-state index in [2.05, 4.69) is 15.4 Å². The standard InChI is InChI=1S/C19H28N2O7/c1-25-14-10-13(11-15(26-2)18(14)28-4)19(24)21-12-16(22)20-9-7-5-6-8-17(23)27-3/h10-11H,5-9,12H2,1-4H3,(H,20,22)(H,21,24). The van der Waals surface area contributed by atoms with Crippen molar-refractivity contribution in [2.75, 3.05) is 41.5 Å². The van der Waals surface area contributed by atoms with Gasteiger partial charge in [-0.2, -0.15) is 0 Å². The number of benzene rings is 1. The van der Waals surface area contributed by atoms with E-state index in [1.54, 1.807) is 0 Å². The Bertz CT molecular complexity index is 651. The number of amides is 2. The van der Waals surface area contributed by atoms with Crippen LogP contribution >= 0.6 is 0 Å². The number of nitrogens with one attached hydrogen (secondary N) is 2. The van der Waals surface area contributed by atoms with Crippen molar-refractivity contribution in [2.45, 2.75) is 25.7 Å². The van der Waals surface area contributed by atoms with Crippen LogP contribution in [0.2, 0.25) is 0 Å². The number of unbranched alkanes of at least 4 members (excludes halogenated alkanes) is 2. The lowest BCUT2D eigenvalue weighted by Crippen LogP contribution is -2.37. The molecule has 0 aliphatic rings. The zero-order valence-electron chi connectivity index (χ0n) is 16.8. The first-order chi connectivity index (χ1) is 13.5. The van der Waals surface area contributed by atoms with E-state index in [9.17, 15) is 14.4 Å². The molecule has 0 bridgehead atoms. The predicted molar refractivity (Wildman–Crippen MR) is 102 cm³/mol. The quantitative estimate of drug-likeness (QED) is 0.404. The van der Waals surface area contributed by atoms with Crippen LogP contribution in [0.25, 0.3) is 0 Å². The van der Waals surface area contributed by atoms with E-state index in [0.717, 1.165) is 12.8 Å². The van der Waals surface area contributed by atoms with E-state index in [1.807, 2.05) is 0 Å². The lowest BCUT2D eigenvalue weighted by atomic mass is 10.1. The minimum Gasteiger partial charge on any atom is -0.493 e. The summed E-state index contributed by atoms with van der Waals surface area (Å²) in [6, 6.07) is 3.02. The molecule has 0 aromatic heterocycles. The topological polar surface area (TPSA) is 112 Å². The van der Waals surface area contributed by atoms with Gasteiger partial charge in [0.1, 0.15) is 0 Å². The van der Waals surface area contributed by atoms with Gasteiger partial charge in [-0.25, -0.2) is 0 Å². The van der Waals surface area contributed by atoms with Gasteiger partial charge in [0, 0.05) is 18.5 Å². The normalized spacial score (nSPS) is 10.0. The highest BCUT2D eigenvalue weighted by atomic mass is 16.5. The van der Waals surface area contributed by atoms with Gasteiger partial charge in [-0.1, -0.05) is 6.42 Å². The number of esters is 1. The minimum atomic E-state index is -0.438. The number of hydrogen-bond donors (Lipinski definition) is 2. The van der Waals surface area contributed by atoms with Crippen molar-refractivity contribution in [2.24, 2.45) is 0 Å². The zero-order valence-corrected chi connectivity index (χ0v) is 16.8. The molecule has 0 fully saturated rings. The molecule has 0 spiro atoms. The fourth-order valence-corrected chi connectivity index (χ4v) is 2.44. The number of carbonyl (C=O) groups excluding carboxylic acids is 3. The average molecular weight is 396 g/mol. The first kappa shape index (κ1) is 23.1. The maximum Gasteiger partial charge on any atom is 0.305 e. The number of ether oxygens (including phenoxy) is 4. The molecule has 156 valence electrons. The van der Waals surface area contributed by atoms with E-state index < -0.39 is 5.91 Å². The predicted octanol–water partition coefficient (Wildman–Crippen LogP) is 1.29. The Morgan fingerprint density at radius 3 is 2.04 bits per heavy atom. The second-order valence-electron chi connectivity index (χ2n) is 5.83. The van der Waals surface area contributed by atoms with Gasteiger partial charge in [0.25, 0.3) is 5.91 Å². The zero-order chi connectivity index (χ0) is 20.9. The molecule has 1 aromatic carbocycles. The summed E-state index contributed by atoms with van der Waals surface area (Å²) in [7, 11) is 5.74. The summed E-state index contributed by atoms with van der Waals surface area (Å²) in [6.07, 6.45) is 2.62. The summed E-state index contributed by atoms with van der Waals surface area (Å²) in [5.74, 6) is 0.109. The Morgan fingerprint density at radius 1 is 0.857 bits per heavy atom. The Balaban J connectivity index is 2.43. The summed E-state index contributed by atoms with van der Waals surface area (Å²) < 4.78 is 20.2. The Kier molecular flexibility index (Phi) is 10.2. The molecule has 1 rings (SSSR count). The lowest BCUT2D eigenvalue weighted by molar-refractivity contribution is -0.140. The van der Waals surface area contributed by atoms with Crippen LogP contribution in [-0.2, 0) is 14.3 Å². The van der Waals surface area contributed by atoms with Crippen molar-refractivity contribution in [3.63, 3.8) is 0 Å². The molecule has 9 nitrogen and oxygen atoms in total. The molecular formula is C19H28N2O7. The molecule has 28 heavy (non-hydrogen) atoms. The van der Waals surface area contributed by atoms with Crippen LogP contribution in [0.3, 0.4) is 0 Å². The Morgan fingerprint density at radius 2 is 1.50 bits per heavy atom. The van der Waals surface area contributed by atoms with Crippen molar-refractivity contribution < 1.29 is 33.3 Å². The van der Waals surface area contributed by atoms with Crippen molar-refractivity contribution in [1.82, 2.24) is 10.6 Å². The number of hydrogen-bond acceptors (Lipinski definition) is 7. The largest absolute Gasteiger partial charge is 0.493 e. The lowest BCUT2D eigenvalue weighted by Gasteiger charge is -2.14. The van der Waals surface area contributed by atoms with Crippen molar-refractivity contribution in [1.29, 1.82) is 0 Å². The summed E-state index contributed by atoms with van der Waals surface area (Å²) in [5, 5.41) is 5.27. The van der Waals surface area contributed by atoms with E-state index in [4.69, 9.17) is 14.2 Å². The third-order valence-corrected chi connectivity index (χ3v) is 3.94. The number of carbonyl (C=O) groups is 3. The second-order valence-corrected chi connectivity index (χ2v) is 5.83.